The lowest BCUT2D eigenvalue weighted by atomic mass is 9.98. The van der Waals surface area contributed by atoms with Gasteiger partial charge in [0.05, 0.1) is 7.11 Å². The lowest BCUT2D eigenvalue weighted by Gasteiger charge is -2.23. The number of hydrogen-bond acceptors (Lipinski definition) is 4. The van der Waals surface area contributed by atoms with Crippen LogP contribution in [0.1, 0.15) is 29.9 Å². The summed E-state index contributed by atoms with van der Waals surface area (Å²) in [5, 5.41) is 0. The second-order valence-corrected chi connectivity index (χ2v) is 6.68. The molecular formula is C21H21NO4. The zero-order valence-electron chi connectivity index (χ0n) is 14.7. The summed E-state index contributed by atoms with van der Waals surface area (Å²) in [6.45, 7) is 0.785. The van der Waals surface area contributed by atoms with Crippen molar-refractivity contribution in [2.45, 2.75) is 24.8 Å². The van der Waals surface area contributed by atoms with Crippen LogP contribution in [0.25, 0.3) is 11.1 Å². The average molecular weight is 351 g/mol. The van der Waals surface area contributed by atoms with Crippen molar-refractivity contribution >= 4 is 12.1 Å². The molecule has 0 bridgehead atoms. The molecule has 134 valence electrons. The van der Waals surface area contributed by atoms with E-state index in [2.05, 4.69) is 24.3 Å². The molecule has 0 spiro atoms. The third kappa shape index (κ3) is 2.73. The minimum Gasteiger partial charge on any atom is -0.467 e. The van der Waals surface area contributed by atoms with Gasteiger partial charge in [0.15, 0.2) is 0 Å². The van der Waals surface area contributed by atoms with E-state index >= 15 is 0 Å². The summed E-state index contributed by atoms with van der Waals surface area (Å²) in [5.74, 6) is -0.360. The summed E-state index contributed by atoms with van der Waals surface area (Å²) in [5.41, 5.74) is 4.73. The monoisotopic (exact) mass is 351 g/mol. The van der Waals surface area contributed by atoms with Gasteiger partial charge in [-0.1, -0.05) is 48.5 Å². The minimum absolute atomic E-state index is 0.0190. The summed E-state index contributed by atoms with van der Waals surface area (Å²) in [4.78, 5) is 25.9. The molecule has 1 saturated heterocycles. The Kier molecular flexibility index (Phi) is 4.37. The number of amides is 1. The molecule has 1 aliphatic heterocycles. The molecule has 1 amide bonds. The van der Waals surface area contributed by atoms with Crippen LogP contribution in [0.2, 0.25) is 0 Å². The van der Waals surface area contributed by atoms with E-state index in [0.29, 0.717) is 13.0 Å². The Morgan fingerprint density at radius 3 is 2.27 bits per heavy atom. The molecule has 0 N–H and O–H groups in total. The summed E-state index contributed by atoms with van der Waals surface area (Å²) < 4.78 is 10.4. The van der Waals surface area contributed by atoms with Gasteiger partial charge >= 0.3 is 12.1 Å². The van der Waals surface area contributed by atoms with Crippen molar-refractivity contribution in [1.29, 1.82) is 0 Å². The van der Waals surface area contributed by atoms with Crippen molar-refractivity contribution in [2.24, 2.45) is 0 Å². The van der Waals surface area contributed by atoms with Crippen molar-refractivity contribution in [1.82, 2.24) is 4.90 Å². The predicted octanol–water partition coefficient (Wildman–Crippen LogP) is 3.57. The van der Waals surface area contributed by atoms with Gasteiger partial charge in [-0.05, 0) is 35.1 Å². The average Bonchev–Trinajstić information content (AvgIpc) is 3.29. The molecule has 0 aromatic heterocycles. The quantitative estimate of drug-likeness (QED) is 0.793. The van der Waals surface area contributed by atoms with Gasteiger partial charge in [-0.25, -0.2) is 9.59 Å². The maximum absolute atomic E-state index is 12.6. The molecule has 5 nitrogen and oxygen atoms in total. The number of methoxy groups -OCH3 is 1. The van der Waals surface area contributed by atoms with Gasteiger partial charge in [0, 0.05) is 12.5 Å². The zero-order valence-corrected chi connectivity index (χ0v) is 14.7. The molecule has 1 fully saturated rings. The number of benzene rings is 2. The molecule has 0 saturated carbocycles. The van der Waals surface area contributed by atoms with Gasteiger partial charge in [0.2, 0.25) is 0 Å². The molecule has 2 aromatic rings. The molecule has 0 radical (unpaired) electrons. The van der Waals surface area contributed by atoms with Crippen LogP contribution in [0.5, 0.6) is 0 Å². The third-order valence-electron chi connectivity index (χ3n) is 5.30. The number of carbonyl (C=O) groups is 2. The van der Waals surface area contributed by atoms with Crippen molar-refractivity contribution in [3.05, 3.63) is 59.7 Å². The fourth-order valence-electron chi connectivity index (χ4n) is 4.04. The number of hydrogen-bond donors (Lipinski definition) is 0. The van der Waals surface area contributed by atoms with Gasteiger partial charge in [0.25, 0.3) is 0 Å². The SMILES string of the molecule is COC(=O)[C@H]1CCCN1C(=O)OCC1c2ccccc2-c2ccccc21. The number of rotatable bonds is 3. The maximum Gasteiger partial charge on any atom is 0.410 e. The van der Waals surface area contributed by atoms with Gasteiger partial charge < -0.3 is 9.47 Å². The molecule has 4 rings (SSSR count). The highest BCUT2D eigenvalue weighted by atomic mass is 16.6. The van der Waals surface area contributed by atoms with Crippen molar-refractivity contribution < 1.29 is 19.1 Å². The van der Waals surface area contributed by atoms with E-state index in [1.54, 1.807) is 0 Å². The van der Waals surface area contributed by atoms with E-state index in [1.165, 1.54) is 34.3 Å². The van der Waals surface area contributed by atoms with E-state index in [1.807, 2.05) is 24.3 Å². The molecule has 1 atom stereocenters. The summed E-state index contributed by atoms with van der Waals surface area (Å²) in [6.07, 6.45) is 0.959. The van der Waals surface area contributed by atoms with Crippen molar-refractivity contribution in [3.8, 4) is 11.1 Å². The number of nitrogens with zero attached hydrogens (tertiary/aromatic N) is 1. The molecule has 2 aromatic carbocycles. The molecule has 5 heteroatoms. The van der Waals surface area contributed by atoms with Crippen LogP contribution in [-0.4, -0.2) is 43.3 Å². The lowest BCUT2D eigenvalue weighted by Crippen LogP contribution is -2.41. The highest BCUT2D eigenvalue weighted by Gasteiger charge is 2.37. The van der Waals surface area contributed by atoms with Crippen LogP contribution in [0.4, 0.5) is 4.79 Å². The van der Waals surface area contributed by atoms with Crippen LogP contribution in [0.15, 0.2) is 48.5 Å². The predicted molar refractivity (Wildman–Crippen MR) is 96.8 cm³/mol. The first-order valence-electron chi connectivity index (χ1n) is 8.90. The first-order valence-corrected chi connectivity index (χ1v) is 8.90. The topological polar surface area (TPSA) is 55.8 Å². The normalized spacial score (nSPS) is 18.3. The van der Waals surface area contributed by atoms with Crippen LogP contribution in [0.3, 0.4) is 0 Å². The van der Waals surface area contributed by atoms with Gasteiger partial charge in [-0.2, -0.15) is 0 Å². The molecule has 1 heterocycles. The number of ether oxygens (including phenoxy) is 2. The van der Waals surface area contributed by atoms with Crippen molar-refractivity contribution in [2.75, 3.05) is 20.3 Å². The highest BCUT2D eigenvalue weighted by molar-refractivity contribution is 5.82. The Hall–Kier alpha value is -2.82. The third-order valence-corrected chi connectivity index (χ3v) is 5.30. The maximum atomic E-state index is 12.6. The summed E-state index contributed by atoms with van der Waals surface area (Å²) in [6, 6.07) is 15.9. The van der Waals surface area contributed by atoms with E-state index in [-0.39, 0.29) is 18.5 Å². The summed E-state index contributed by atoms with van der Waals surface area (Å²) in [7, 11) is 1.34. The Balaban J connectivity index is 1.51. The Labute approximate surface area is 152 Å². The van der Waals surface area contributed by atoms with E-state index in [9.17, 15) is 9.59 Å². The molecule has 26 heavy (non-hydrogen) atoms. The largest absolute Gasteiger partial charge is 0.467 e. The van der Waals surface area contributed by atoms with Gasteiger partial charge in [-0.3, -0.25) is 4.90 Å². The zero-order chi connectivity index (χ0) is 18.1. The van der Waals surface area contributed by atoms with Gasteiger partial charge in [-0.15, -0.1) is 0 Å². The highest BCUT2D eigenvalue weighted by Crippen LogP contribution is 2.44. The second-order valence-electron chi connectivity index (χ2n) is 6.68. The standard InChI is InChI=1S/C21H21NO4/c1-25-20(23)19-11-6-12-22(19)21(24)26-13-18-16-9-4-2-7-14(16)15-8-3-5-10-17(15)18/h2-5,7-10,18-19H,6,11-13H2,1H3/t19-/m1/s1. The Bertz CT molecular complexity index is 802. The lowest BCUT2D eigenvalue weighted by molar-refractivity contribution is -0.145. The Morgan fingerprint density at radius 1 is 1.04 bits per heavy atom. The molecular weight excluding hydrogens is 330 g/mol. The summed E-state index contributed by atoms with van der Waals surface area (Å²) >= 11 is 0. The van der Waals surface area contributed by atoms with Crippen LogP contribution in [0, 0.1) is 0 Å². The van der Waals surface area contributed by atoms with E-state index in [0.717, 1.165) is 6.42 Å². The fraction of sp³-hybridized carbons (Fsp3) is 0.333. The minimum atomic E-state index is -0.532. The van der Waals surface area contributed by atoms with E-state index in [4.69, 9.17) is 9.47 Å². The number of likely N-dealkylation sites (tertiary alicyclic amines) is 1. The second kappa shape index (κ2) is 6.83. The Morgan fingerprint density at radius 2 is 1.65 bits per heavy atom. The number of esters is 1. The molecule has 1 aliphatic carbocycles. The molecule has 2 aliphatic rings. The first-order chi connectivity index (χ1) is 12.7. The first kappa shape index (κ1) is 16.6. The van der Waals surface area contributed by atoms with Gasteiger partial charge in [0.1, 0.15) is 12.6 Å². The number of fused-ring (bicyclic) bond motifs is 3. The van der Waals surface area contributed by atoms with Crippen LogP contribution in [-0.2, 0) is 14.3 Å². The van der Waals surface area contributed by atoms with Crippen LogP contribution < -0.4 is 0 Å². The van der Waals surface area contributed by atoms with Crippen molar-refractivity contribution in [3.63, 3.8) is 0 Å². The fourth-order valence-corrected chi connectivity index (χ4v) is 4.04. The number of carbonyl (C=O) groups excluding carboxylic acids is 2. The van der Waals surface area contributed by atoms with E-state index < -0.39 is 12.1 Å². The smallest absolute Gasteiger partial charge is 0.410 e. The molecule has 0 unspecified atom stereocenters. The van der Waals surface area contributed by atoms with Crippen LogP contribution >= 0.6 is 0 Å².